The minimum Gasteiger partial charge on any atom is -0.393 e. The van der Waals surface area contributed by atoms with Crippen LogP contribution in [-0.2, 0) is 26.6 Å². The summed E-state index contributed by atoms with van der Waals surface area (Å²) in [6.45, 7) is 7.02. The van der Waals surface area contributed by atoms with Gasteiger partial charge in [0, 0.05) is 50.4 Å². The first-order valence-corrected chi connectivity index (χ1v) is 13.2. The summed E-state index contributed by atoms with van der Waals surface area (Å²) in [5.41, 5.74) is 2.02. The second-order valence-electron chi connectivity index (χ2n) is 11.9. The van der Waals surface area contributed by atoms with Gasteiger partial charge in [0.25, 0.3) is 6.43 Å². The fraction of sp³-hybridized carbons (Fsp3) is 0.414. The van der Waals surface area contributed by atoms with E-state index >= 15 is 0 Å². The van der Waals surface area contributed by atoms with Gasteiger partial charge in [0.05, 0.1) is 46.2 Å². The highest BCUT2D eigenvalue weighted by atomic mass is 19.3. The third-order valence-electron chi connectivity index (χ3n) is 7.35. The van der Waals surface area contributed by atoms with Crippen LogP contribution in [0.1, 0.15) is 45.5 Å². The maximum absolute atomic E-state index is 14.5. The van der Waals surface area contributed by atoms with E-state index in [2.05, 4.69) is 10.4 Å². The molecule has 10 nitrogen and oxygen atoms in total. The molecule has 1 atom stereocenters. The van der Waals surface area contributed by atoms with E-state index in [0.717, 1.165) is 0 Å². The molecular weight excluding hydrogens is 532 g/mol. The molecule has 12 heteroatoms. The Labute approximate surface area is 235 Å². The molecule has 0 aliphatic heterocycles. The number of hydrogen-bond acceptors (Lipinski definition) is 6. The number of anilines is 1. The largest absolute Gasteiger partial charge is 0.393 e. The van der Waals surface area contributed by atoms with Crippen molar-refractivity contribution in [3.8, 4) is 16.8 Å². The molecule has 0 saturated heterocycles. The second kappa shape index (κ2) is 9.81. The molecule has 0 amide bonds. The van der Waals surface area contributed by atoms with Gasteiger partial charge < -0.3 is 15.5 Å². The highest BCUT2D eigenvalue weighted by Gasteiger charge is 2.28. The topological polar surface area (TPSA) is 115 Å². The number of alkyl halides is 2. The number of hydrogen-bond donors (Lipinski definition) is 3. The SMILES string of the molecule is Cn1cc(-c2cc3nc(C(C)(C)C)n(-c4cc(NCC(C)(O)CO)c5c(c4)n(C)c(=O)n5C)c3cc2C(F)F)cn1. The van der Waals surface area contributed by atoms with Crippen molar-refractivity contribution in [1.82, 2.24) is 28.5 Å². The van der Waals surface area contributed by atoms with Crippen molar-refractivity contribution in [3.05, 3.63) is 58.5 Å². The lowest BCUT2D eigenvalue weighted by atomic mass is 9.95. The van der Waals surface area contributed by atoms with Gasteiger partial charge in [-0.1, -0.05) is 20.8 Å². The van der Waals surface area contributed by atoms with Gasteiger partial charge in [-0.15, -0.1) is 0 Å². The molecule has 0 radical (unpaired) electrons. The zero-order valence-corrected chi connectivity index (χ0v) is 24.2. The first-order valence-electron chi connectivity index (χ1n) is 13.2. The van der Waals surface area contributed by atoms with Crippen molar-refractivity contribution < 1.29 is 19.0 Å². The van der Waals surface area contributed by atoms with Gasteiger partial charge in [-0.3, -0.25) is 18.4 Å². The van der Waals surface area contributed by atoms with Gasteiger partial charge in [-0.2, -0.15) is 5.10 Å². The number of fused-ring (bicyclic) bond motifs is 2. The van der Waals surface area contributed by atoms with Gasteiger partial charge in [-0.05, 0) is 36.8 Å². The molecule has 0 spiro atoms. The molecule has 0 aliphatic carbocycles. The van der Waals surface area contributed by atoms with Crippen LogP contribution in [0.3, 0.4) is 0 Å². The van der Waals surface area contributed by atoms with E-state index < -0.39 is 24.0 Å². The Morgan fingerprint density at radius 3 is 2.32 bits per heavy atom. The van der Waals surface area contributed by atoms with E-state index in [1.54, 1.807) is 44.3 Å². The van der Waals surface area contributed by atoms with Gasteiger partial charge in [0.2, 0.25) is 0 Å². The summed E-state index contributed by atoms with van der Waals surface area (Å²) in [5, 5.41) is 27.4. The minimum atomic E-state index is -2.74. The molecule has 0 aliphatic rings. The van der Waals surface area contributed by atoms with E-state index in [-0.39, 0.29) is 17.8 Å². The lowest BCUT2D eigenvalue weighted by Gasteiger charge is -2.23. The first-order chi connectivity index (χ1) is 19.1. The number of nitrogens with zero attached hydrogens (tertiary/aromatic N) is 6. The van der Waals surface area contributed by atoms with Crippen molar-refractivity contribution in [2.24, 2.45) is 21.1 Å². The van der Waals surface area contributed by atoms with E-state index in [1.807, 2.05) is 37.5 Å². The monoisotopic (exact) mass is 567 g/mol. The van der Waals surface area contributed by atoms with Gasteiger partial charge in [-0.25, -0.2) is 18.6 Å². The van der Waals surface area contributed by atoms with Crippen LogP contribution in [0.4, 0.5) is 14.5 Å². The number of imidazole rings is 2. The molecule has 218 valence electrons. The van der Waals surface area contributed by atoms with Crippen LogP contribution in [0.5, 0.6) is 0 Å². The Bertz CT molecular complexity index is 1840. The summed E-state index contributed by atoms with van der Waals surface area (Å²) in [6.07, 6.45) is 0.502. The highest BCUT2D eigenvalue weighted by molar-refractivity contribution is 5.93. The zero-order valence-electron chi connectivity index (χ0n) is 24.2. The van der Waals surface area contributed by atoms with Crippen molar-refractivity contribution in [3.63, 3.8) is 0 Å². The van der Waals surface area contributed by atoms with E-state index in [4.69, 9.17) is 4.98 Å². The number of rotatable bonds is 7. The minimum absolute atomic E-state index is 0.00590. The number of aliphatic hydroxyl groups excluding tert-OH is 1. The summed E-state index contributed by atoms with van der Waals surface area (Å²) in [6, 6.07) is 6.79. The summed E-state index contributed by atoms with van der Waals surface area (Å²) in [7, 11) is 5.05. The molecule has 3 aromatic heterocycles. The quantitative estimate of drug-likeness (QED) is 0.274. The molecule has 0 fully saturated rings. The maximum atomic E-state index is 14.5. The molecule has 5 rings (SSSR count). The van der Waals surface area contributed by atoms with Crippen molar-refractivity contribution in [2.45, 2.75) is 45.1 Å². The Kier molecular flexibility index (Phi) is 6.82. The van der Waals surface area contributed by atoms with Gasteiger partial charge in [0.15, 0.2) is 0 Å². The van der Waals surface area contributed by atoms with Gasteiger partial charge >= 0.3 is 5.69 Å². The average molecular weight is 568 g/mol. The van der Waals surface area contributed by atoms with E-state index in [9.17, 15) is 23.8 Å². The maximum Gasteiger partial charge on any atom is 0.328 e. The lowest BCUT2D eigenvalue weighted by Crippen LogP contribution is -2.37. The average Bonchev–Trinajstić information content (AvgIpc) is 3.57. The summed E-state index contributed by atoms with van der Waals surface area (Å²) in [4.78, 5) is 17.9. The predicted molar refractivity (Wildman–Crippen MR) is 155 cm³/mol. The molecule has 5 aromatic rings. The predicted octanol–water partition coefficient (Wildman–Crippen LogP) is 4.01. The molecule has 0 bridgehead atoms. The molecule has 3 N–H and O–H groups in total. The van der Waals surface area contributed by atoms with Crippen LogP contribution >= 0.6 is 0 Å². The Balaban J connectivity index is 1.84. The number of halogens is 2. The fourth-order valence-corrected chi connectivity index (χ4v) is 5.14. The molecule has 3 heterocycles. The van der Waals surface area contributed by atoms with Crippen LogP contribution < -0.4 is 11.0 Å². The second-order valence-corrected chi connectivity index (χ2v) is 11.9. The number of benzene rings is 2. The Morgan fingerprint density at radius 2 is 1.73 bits per heavy atom. The lowest BCUT2D eigenvalue weighted by molar-refractivity contribution is 0.0132. The first kappa shape index (κ1) is 28.5. The molecule has 41 heavy (non-hydrogen) atoms. The molecule has 1 unspecified atom stereocenters. The van der Waals surface area contributed by atoms with Crippen LogP contribution in [0.15, 0.2) is 41.5 Å². The molecule has 2 aromatic carbocycles. The normalized spacial score (nSPS) is 14.0. The standard InChI is InChI=1S/C29H35F2N7O3/c1-28(2,3)26-34-20-10-18(16-12-33-35(5)13-16)19(25(30)31)11-22(20)38(26)17-8-21(32-14-29(4,41)15-39)24-23(9-17)36(6)27(40)37(24)7/h8-13,25,32,39,41H,14-15H2,1-7H3. The summed E-state index contributed by atoms with van der Waals surface area (Å²) < 4.78 is 35.4. The van der Waals surface area contributed by atoms with E-state index in [1.165, 1.54) is 22.1 Å². The van der Waals surface area contributed by atoms with Crippen LogP contribution in [-0.4, -0.2) is 57.4 Å². The third kappa shape index (κ3) is 4.91. The number of nitrogens with one attached hydrogen (secondary N) is 1. The highest BCUT2D eigenvalue weighted by Crippen LogP contribution is 2.39. The number of aryl methyl sites for hydroxylation is 3. The Hall–Kier alpha value is -4.03. The number of aromatic nitrogens is 6. The summed E-state index contributed by atoms with van der Waals surface area (Å²) in [5.74, 6) is 0.643. The zero-order chi connectivity index (χ0) is 30.0. The summed E-state index contributed by atoms with van der Waals surface area (Å²) >= 11 is 0. The van der Waals surface area contributed by atoms with Crippen molar-refractivity contribution in [1.29, 1.82) is 0 Å². The van der Waals surface area contributed by atoms with Crippen LogP contribution in [0.25, 0.3) is 38.9 Å². The van der Waals surface area contributed by atoms with Crippen molar-refractivity contribution in [2.75, 3.05) is 18.5 Å². The third-order valence-corrected chi connectivity index (χ3v) is 7.35. The molecule has 0 saturated carbocycles. The number of aliphatic hydroxyl groups is 2. The van der Waals surface area contributed by atoms with E-state index in [0.29, 0.717) is 50.4 Å². The van der Waals surface area contributed by atoms with Crippen LogP contribution in [0, 0.1) is 0 Å². The van der Waals surface area contributed by atoms with Gasteiger partial charge in [0.1, 0.15) is 11.4 Å². The molecular formula is C29H35F2N7O3. The smallest absolute Gasteiger partial charge is 0.328 e. The Morgan fingerprint density at radius 1 is 1.02 bits per heavy atom. The van der Waals surface area contributed by atoms with Crippen molar-refractivity contribution >= 4 is 27.8 Å². The fourth-order valence-electron chi connectivity index (χ4n) is 5.14. The van der Waals surface area contributed by atoms with Crippen LogP contribution in [0.2, 0.25) is 0 Å².